The zero-order chi connectivity index (χ0) is 26.6. The maximum absolute atomic E-state index is 13.3. The van der Waals surface area contributed by atoms with E-state index in [1.807, 2.05) is 54.6 Å². The van der Waals surface area contributed by atoms with Crippen molar-refractivity contribution >= 4 is 17.8 Å². The van der Waals surface area contributed by atoms with E-state index < -0.39 is 17.7 Å². The average Bonchev–Trinajstić information content (AvgIpc) is 3.18. The van der Waals surface area contributed by atoms with Crippen molar-refractivity contribution in [2.24, 2.45) is 0 Å². The third-order valence-electron chi connectivity index (χ3n) is 6.81. The topological polar surface area (TPSA) is 70.1 Å². The average molecular weight is 505 g/mol. The number of carbonyl (C=O) groups excluding carboxylic acids is 2. The van der Waals surface area contributed by atoms with E-state index in [0.717, 1.165) is 42.8 Å². The van der Waals surface area contributed by atoms with Crippen LogP contribution in [0.15, 0.2) is 72.0 Å². The second-order valence-corrected chi connectivity index (χ2v) is 9.28. The fourth-order valence-electron chi connectivity index (χ4n) is 4.56. The van der Waals surface area contributed by atoms with E-state index in [9.17, 15) is 14.7 Å². The molecule has 1 unspecified atom stereocenters. The van der Waals surface area contributed by atoms with Crippen molar-refractivity contribution < 1.29 is 19.4 Å². The quantitative estimate of drug-likeness (QED) is 0.239. The standard InChI is InChI=1S/C31H40N2O4/c1-4-7-8-12-23-37-26-18-16-25(17-19-26)29-28(27(34)20-15-24-13-10-9-11-14-24)30(35)31(36)33(29)22-21-32(5-2)6-3/h9-11,13-20,29,35H,4-8,12,21-23H2,1-3H3. The molecule has 2 aromatic carbocycles. The van der Waals surface area contributed by atoms with Crippen LogP contribution in [-0.2, 0) is 9.59 Å². The van der Waals surface area contributed by atoms with Crippen molar-refractivity contribution in [2.75, 3.05) is 32.8 Å². The number of benzene rings is 2. The molecule has 0 saturated heterocycles. The number of ether oxygens (including phenoxy) is 1. The van der Waals surface area contributed by atoms with Gasteiger partial charge in [0, 0.05) is 13.1 Å². The minimum Gasteiger partial charge on any atom is -0.503 e. The van der Waals surface area contributed by atoms with Gasteiger partial charge < -0.3 is 19.6 Å². The summed E-state index contributed by atoms with van der Waals surface area (Å²) < 4.78 is 5.88. The van der Waals surface area contributed by atoms with Gasteiger partial charge in [-0.05, 0) is 48.8 Å². The Bertz CT molecular complexity index is 1070. The predicted molar refractivity (Wildman–Crippen MR) is 148 cm³/mol. The van der Waals surface area contributed by atoms with Gasteiger partial charge in [0.15, 0.2) is 11.5 Å². The summed E-state index contributed by atoms with van der Waals surface area (Å²) in [7, 11) is 0. The van der Waals surface area contributed by atoms with E-state index in [0.29, 0.717) is 19.7 Å². The molecule has 1 N–H and O–H groups in total. The van der Waals surface area contributed by atoms with Gasteiger partial charge in [-0.25, -0.2) is 0 Å². The molecule has 0 spiro atoms. The smallest absolute Gasteiger partial charge is 0.290 e. The molecule has 0 aromatic heterocycles. The number of amides is 1. The van der Waals surface area contributed by atoms with Crippen LogP contribution in [0.25, 0.3) is 6.08 Å². The molecule has 1 aliphatic heterocycles. The Kier molecular flexibility index (Phi) is 11.0. The zero-order valence-electron chi connectivity index (χ0n) is 22.4. The fourth-order valence-corrected chi connectivity index (χ4v) is 4.56. The van der Waals surface area contributed by atoms with E-state index in [4.69, 9.17) is 4.74 Å². The Labute approximate surface area is 221 Å². The molecule has 3 rings (SSSR count). The number of likely N-dealkylation sites (N-methyl/N-ethyl adjacent to an activating group) is 1. The van der Waals surface area contributed by atoms with Crippen molar-refractivity contribution in [1.29, 1.82) is 0 Å². The van der Waals surface area contributed by atoms with E-state index >= 15 is 0 Å². The summed E-state index contributed by atoms with van der Waals surface area (Å²) in [6.07, 6.45) is 7.68. The van der Waals surface area contributed by atoms with E-state index in [1.165, 1.54) is 18.9 Å². The molecule has 1 amide bonds. The first-order chi connectivity index (χ1) is 18.0. The Morgan fingerprint density at radius 3 is 2.35 bits per heavy atom. The van der Waals surface area contributed by atoms with Gasteiger partial charge in [-0.3, -0.25) is 9.59 Å². The second-order valence-electron chi connectivity index (χ2n) is 9.28. The van der Waals surface area contributed by atoms with Gasteiger partial charge in [0.25, 0.3) is 5.91 Å². The molecule has 1 atom stereocenters. The molecule has 0 fully saturated rings. The normalized spacial score (nSPS) is 15.8. The molecular weight excluding hydrogens is 464 g/mol. The van der Waals surface area contributed by atoms with Crippen molar-refractivity contribution in [3.05, 3.63) is 83.1 Å². The van der Waals surface area contributed by atoms with Crippen LogP contribution < -0.4 is 4.74 Å². The van der Waals surface area contributed by atoms with Gasteiger partial charge in [-0.1, -0.05) is 88.6 Å². The van der Waals surface area contributed by atoms with E-state index in [2.05, 4.69) is 25.7 Å². The SMILES string of the molecule is CCCCCCOc1ccc(C2C(C(=O)C=Cc3ccccc3)=C(O)C(=O)N2CCN(CC)CC)cc1. The summed E-state index contributed by atoms with van der Waals surface area (Å²) >= 11 is 0. The van der Waals surface area contributed by atoms with Crippen molar-refractivity contribution in [3.8, 4) is 5.75 Å². The first-order valence-corrected chi connectivity index (χ1v) is 13.5. The minimum atomic E-state index is -0.658. The molecule has 0 radical (unpaired) electrons. The van der Waals surface area contributed by atoms with Gasteiger partial charge in [0.1, 0.15) is 5.75 Å². The van der Waals surface area contributed by atoms with Crippen LogP contribution in [0.5, 0.6) is 5.75 Å². The molecule has 6 nitrogen and oxygen atoms in total. The third kappa shape index (κ3) is 7.56. The zero-order valence-corrected chi connectivity index (χ0v) is 22.4. The number of hydrogen-bond acceptors (Lipinski definition) is 5. The Morgan fingerprint density at radius 2 is 1.70 bits per heavy atom. The van der Waals surface area contributed by atoms with Gasteiger partial charge >= 0.3 is 0 Å². The lowest BCUT2D eigenvalue weighted by Crippen LogP contribution is -2.38. The number of aliphatic hydroxyl groups is 1. The lowest BCUT2D eigenvalue weighted by Gasteiger charge is -2.29. The lowest BCUT2D eigenvalue weighted by molar-refractivity contribution is -0.129. The molecule has 1 aliphatic rings. The number of nitrogens with zero attached hydrogens (tertiary/aromatic N) is 2. The molecule has 0 aliphatic carbocycles. The number of allylic oxidation sites excluding steroid dienone is 1. The lowest BCUT2D eigenvalue weighted by atomic mass is 9.95. The summed E-state index contributed by atoms with van der Waals surface area (Å²) in [5.74, 6) is -0.598. The van der Waals surface area contributed by atoms with Crippen LogP contribution in [0.2, 0.25) is 0 Å². The number of unbranched alkanes of at least 4 members (excludes halogenated alkanes) is 3. The van der Waals surface area contributed by atoms with Crippen molar-refractivity contribution in [1.82, 2.24) is 9.80 Å². The van der Waals surface area contributed by atoms with Gasteiger partial charge in [0.2, 0.25) is 0 Å². The molecule has 0 saturated carbocycles. The molecule has 0 bridgehead atoms. The Hall–Kier alpha value is -3.38. The Morgan fingerprint density at radius 1 is 1.00 bits per heavy atom. The van der Waals surface area contributed by atoms with E-state index in [-0.39, 0.29) is 11.4 Å². The Balaban J connectivity index is 1.84. The first-order valence-electron chi connectivity index (χ1n) is 13.5. The number of carbonyl (C=O) groups is 2. The number of ketones is 1. The molecule has 37 heavy (non-hydrogen) atoms. The van der Waals surface area contributed by atoms with Crippen LogP contribution in [0.3, 0.4) is 0 Å². The molecule has 198 valence electrons. The van der Waals surface area contributed by atoms with Crippen LogP contribution in [-0.4, -0.2) is 59.4 Å². The maximum Gasteiger partial charge on any atom is 0.290 e. The highest BCUT2D eigenvalue weighted by atomic mass is 16.5. The highest BCUT2D eigenvalue weighted by Crippen LogP contribution is 2.38. The number of aliphatic hydroxyl groups excluding tert-OH is 1. The first kappa shape index (κ1) is 28.2. The van der Waals surface area contributed by atoms with Crippen molar-refractivity contribution in [3.63, 3.8) is 0 Å². The third-order valence-corrected chi connectivity index (χ3v) is 6.81. The maximum atomic E-state index is 13.3. The second kappa shape index (κ2) is 14.4. The van der Waals surface area contributed by atoms with Gasteiger partial charge in [-0.2, -0.15) is 0 Å². The highest BCUT2D eigenvalue weighted by Gasteiger charge is 2.42. The van der Waals surface area contributed by atoms with Crippen LogP contribution in [0, 0.1) is 0 Å². The van der Waals surface area contributed by atoms with Crippen LogP contribution in [0.4, 0.5) is 0 Å². The molecular formula is C31H40N2O4. The summed E-state index contributed by atoms with van der Waals surface area (Å²) in [5, 5.41) is 10.8. The highest BCUT2D eigenvalue weighted by molar-refractivity contribution is 6.14. The van der Waals surface area contributed by atoms with Crippen LogP contribution in [0.1, 0.15) is 63.6 Å². The van der Waals surface area contributed by atoms with E-state index in [1.54, 1.807) is 11.0 Å². The molecule has 2 aromatic rings. The number of hydrogen-bond donors (Lipinski definition) is 1. The predicted octanol–water partition coefficient (Wildman–Crippen LogP) is 5.97. The fraction of sp³-hybridized carbons (Fsp3) is 0.419. The van der Waals surface area contributed by atoms with Crippen molar-refractivity contribution in [2.45, 2.75) is 52.5 Å². The van der Waals surface area contributed by atoms with Crippen LogP contribution >= 0.6 is 0 Å². The van der Waals surface area contributed by atoms with Gasteiger partial charge in [0.05, 0.1) is 18.2 Å². The minimum absolute atomic E-state index is 0.116. The van der Waals surface area contributed by atoms with Gasteiger partial charge in [-0.15, -0.1) is 0 Å². The molecule has 1 heterocycles. The summed E-state index contributed by atoms with van der Waals surface area (Å²) in [4.78, 5) is 30.3. The monoisotopic (exact) mass is 504 g/mol. The summed E-state index contributed by atoms with van der Waals surface area (Å²) in [5.41, 5.74) is 1.76. The largest absolute Gasteiger partial charge is 0.503 e. The molecule has 6 heteroatoms. The number of rotatable bonds is 15. The summed E-state index contributed by atoms with van der Waals surface area (Å²) in [6.45, 7) is 9.77. The summed E-state index contributed by atoms with van der Waals surface area (Å²) in [6, 6.07) is 16.3.